The SMILES string of the molecule is Cc1cn([C@H]2C[C@@](O)([P+](=O)CCCCCN)[C@@H](C(O)[P+](=O)CCCCCN)O2)c(=O)[nH]c1=O. The number of aryl methyl sites for hydroxylation is 1. The van der Waals surface area contributed by atoms with Gasteiger partial charge in [-0.1, -0.05) is 9.13 Å². The van der Waals surface area contributed by atoms with Crippen molar-refractivity contribution >= 4 is 15.6 Å². The Kier molecular flexibility index (Phi) is 11.0. The maximum Gasteiger partial charge on any atom is 0.376 e. The summed E-state index contributed by atoms with van der Waals surface area (Å²) in [4.78, 5) is 26.2. The molecule has 186 valence electrons. The summed E-state index contributed by atoms with van der Waals surface area (Å²) in [7, 11) is -4.48. The van der Waals surface area contributed by atoms with Crippen LogP contribution in [0.15, 0.2) is 15.8 Å². The molecule has 0 aromatic carbocycles. The first-order valence-electron chi connectivity index (χ1n) is 11.3. The zero-order valence-corrected chi connectivity index (χ0v) is 20.8. The molecule has 2 heterocycles. The van der Waals surface area contributed by atoms with E-state index in [2.05, 4.69) is 4.98 Å². The standard InChI is InChI=1S/C20H35N4O7P2/c1-14-13-24(19(27)23-17(14)25)15-12-20(28,33(30)11-7-3-5-9-22)16(31-15)18(26)32(29)10-6-2-4-8-21/h13,15-16,18,26,28H,2-12,21-22H2,1H3/q+1/p+1/t15-,16-,18?,20-/m1/s1. The average molecular weight is 506 g/mol. The second kappa shape index (κ2) is 13.0. The minimum Gasteiger partial charge on any atom is -0.349 e. The molecule has 6 atom stereocenters. The monoisotopic (exact) mass is 506 g/mol. The first-order valence-corrected chi connectivity index (χ1v) is 14.3. The van der Waals surface area contributed by atoms with E-state index in [4.69, 9.17) is 16.2 Å². The number of rotatable bonds is 14. The molecular formula is C20H36N4O7P2+2. The van der Waals surface area contributed by atoms with Gasteiger partial charge in [0.25, 0.3) is 16.7 Å². The third-order valence-electron chi connectivity index (χ3n) is 5.84. The molecule has 13 heteroatoms. The van der Waals surface area contributed by atoms with Gasteiger partial charge in [-0.3, -0.25) is 14.3 Å². The van der Waals surface area contributed by atoms with E-state index in [-0.39, 0.29) is 24.3 Å². The zero-order chi connectivity index (χ0) is 24.6. The van der Waals surface area contributed by atoms with Crippen LogP contribution in [0.2, 0.25) is 0 Å². The fraction of sp³-hybridized carbons (Fsp3) is 0.800. The van der Waals surface area contributed by atoms with Crippen LogP contribution in [-0.2, 0) is 13.9 Å². The van der Waals surface area contributed by atoms with Gasteiger partial charge in [0.2, 0.25) is 6.10 Å². The third kappa shape index (κ3) is 7.09. The van der Waals surface area contributed by atoms with Crippen molar-refractivity contribution in [2.75, 3.05) is 25.4 Å². The first kappa shape index (κ1) is 27.9. The van der Waals surface area contributed by atoms with E-state index < -0.39 is 50.4 Å². The molecular weight excluding hydrogens is 470 g/mol. The van der Waals surface area contributed by atoms with Crippen LogP contribution in [0.1, 0.15) is 56.7 Å². The van der Waals surface area contributed by atoms with E-state index in [1.165, 1.54) is 13.1 Å². The number of hydrogen-bond donors (Lipinski definition) is 5. The summed E-state index contributed by atoms with van der Waals surface area (Å²) in [5.41, 5.74) is 9.92. The summed E-state index contributed by atoms with van der Waals surface area (Å²) < 4.78 is 32.9. The van der Waals surface area contributed by atoms with Gasteiger partial charge >= 0.3 is 21.3 Å². The predicted molar refractivity (Wildman–Crippen MR) is 126 cm³/mol. The molecule has 0 aliphatic carbocycles. The molecule has 0 saturated carbocycles. The van der Waals surface area contributed by atoms with Gasteiger partial charge in [-0.15, -0.1) is 0 Å². The number of hydrogen-bond acceptors (Lipinski definition) is 9. The van der Waals surface area contributed by atoms with Gasteiger partial charge in [0.05, 0.1) is 6.42 Å². The Labute approximate surface area is 194 Å². The van der Waals surface area contributed by atoms with Gasteiger partial charge in [-0.25, -0.2) is 4.79 Å². The fourth-order valence-corrected chi connectivity index (χ4v) is 7.14. The number of ether oxygens (including phenoxy) is 1. The Morgan fingerprint density at radius 2 is 1.76 bits per heavy atom. The van der Waals surface area contributed by atoms with E-state index in [1.807, 2.05) is 0 Å². The topological polar surface area (TPSA) is 191 Å². The van der Waals surface area contributed by atoms with Crippen molar-refractivity contribution in [1.29, 1.82) is 0 Å². The smallest absolute Gasteiger partial charge is 0.349 e. The summed E-state index contributed by atoms with van der Waals surface area (Å²) in [6.07, 6.45) is 3.11. The van der Waals surface area contributed by atoms with Gasteiger partial charge in [-0.2, -0.15) is 0 Å². The Balaban J connectivity index is 2.27. The molecule has 1 aromatic rings. The Morgan fingerprint density at radius 1 is 1.15 bits per heavy atom. The van der Waals surface area contributed by atoms with E-state index in [9.17, 15) is 28.9 Å². The van der Waals surface area contributed by atoms with E-state index >= 15 is 0 Å². The van der Waals surface area contributed by atoms with Crippen LogP contribution in [0.5, 0.6) is 0 Å². The van der Waals surface area contributed by atoms with Gasteiger partial charge < -0.3 is 26.4 Å². The molecule has 1 saturated heterocycles. The molecule has 0 spiro atoms. The predicted octanol–water partition coefficient (Wildman–Crippen LogP) is 1.05. The van der Waals surface area contributed by atoms with Gasteiger partial charge in [-0.05, 0) is 58.5 Å². The molecule has 1 fully saturated rings. The number of nitrogens with one attached hydrogen (secondary N) is 1. The number of aromatic nitrogens is 2. The molecule has 33 heavy (non-hydrogen) atoms. The summed E-state index contributed by atoms with van der Waals surface area (Å²) in [5.74, 6) is -1.56. The number of unbranched alkanes of at least 4 members (excludes halogenated alkanes) is 4. The summed E-state index contributed by atoms with van der Waals surface area (Å²) >= 11 is 0. The second-order valence-electron chi connectivity index (χ2n) is 8.43. The lowest BCUT2D eigenvalue weighted by Crippen LogP contribution is -2.42. The number of nitrogens with zero attached hydrogens (tertiary/aromatic N) is 1. The number of aliphatic hydroxyl groups excluding tert-OH is 1. The molecule has 3 unspecified atom stereocenters. The zero-order valence-electron chi connectivity index (χ0n) is 19.0. The fourth-order valence-electron chi connectivity index (χ4n) is 3.86. The Morgan fingerprint density at radius 3 is 2.36 bits per heavy atom. The van der Waals surface area contributed by atoms with Crippen molar-refractivity contribution in [1.82, 2.24) is 9.55 Å². The molecule has 2 rings (SSSR count). The van der Waals surface area contributed by atoms with Gasteiger partial charge in [0.15, 0.2) is 0 Å². The highest BCUT2D eigenvalue weighted by Crippen LogP contribution is 2.55. The molecule has 0 bridgehead atoms. The van der Waals surface area contributed by atoms with Crippen molar-refractivity contribution in [2.24, 2.45) is 11.5 Å². The number of aromatic amines is 1. The quantitative estimate of drug-likeness (QED) is 0.181. The molecule has 0 amide bonds. The lowest BCUT2D eigenvalue weighted by molar-refractivity contribution is -0.0684. The number of nitrogens with two attached hydrogens (primary N) is 2. The second-order valence-corrected chi connectivity index (χ2v) is 12.2. The van der Waals surface area contributed by atoms with E-state index in [1.54, 1.807) is 0 Å². The minimum absolute atomic E-state index is 0.179. The van der Waals surface area contributed by atoms with Crippen LogP contribution in [0.4, 0.5) is 0 Å². The number of H-pyrrole nitrogens is 1. The van der Waals surface area contributed by atoms with Crippen molar-refractivity contribution in [3.05, 3.63) is 32.6 Å². The first-order chi connectivity index (χ1) is 15.7. The van der Waals surface area contributed by atoms with E-state index in [0.29, 0.717) is 25.9 Å². The van der Waals surface area contributed by atoms with E-state index in [0.717, 1.165) is 30.3 Å². The van der Waals surface area contributed by atoms with Crippen molar-refractivity contribution in [3.8, 4) is 0 Å². The molecule has 7 N–H and O–H groups in total. The molecule has 1 aliphatic rings. The highest BCUT2D eigenvalue weighted by atomic mass is 31.1. The van der Waals surface area contributed by atoms with Crippen LogP contribution < -0.4 is 22.7 Å². The van der Waals surface area contributed by atoms with Gasteiger partial charge in [0, 0.05) is 11.8 Å². The normalized spacial score (nSPS) is 24.6. The number of aliphatic hydroxyl groups is 2. The van der Waals surface area contributed by atoms with Crippen molar-refractivity contribution in [3.63, 3.8) is 0 Å². The van der Waals surface area contributed by atoms with Gasteiger partial charge in [0.1, 0.15) is 18.6 Å². The van der Waals surface area contributed by atoms with Crippen molar-refractivity contribution in [2.45, 2.75) is 75.4 Å². The van der Waals surface area contributed by atoms with Crippen molar-refractivity contribution < 1.29 is 24.1 Å². The summed E-state index contributed by atoms with van der Waals surface area (Å²) in [6, 6.07) is 0. The maximum absolute atomic E-state index is 13.2. The average Bonchev–Trinajstić information content (AvgIpc) is 3.14. The summed E-state index contributed by atoms with van der Waals surface area (Å²) in [5, 5.41) is 20.3. The van der Waals surface area contributed by atoms with Crippen LogP contribution in [-0.4, -0.2) is 62.5 Å². The highest BCUT2D eigenvalue weighted by Gasteiger charge is 2.67. The molecule has 11 nitrogen and oxygen atoms in total. The maximum atomic E-state index is 13.2. The lowest BCUT2D eigenvalue weighted by atomic mass is 10.1. The van der Waals surface area contributed by atoms with Crippen LogP contribution in [0, 0.1) is 6.92 Å². The lowest BCUT2D eigenvalue weighted by Gasteiger charge is -2.18. The highest BCUT2D eigenvalue weighted by molar-refractivity contribution is 7.47. The Bertz CT molecular complexity index is 938. The largest absolute Gasteiger partial charge is 0.376 e. The summed E-state index contributed by atoms with van der Waals surface area (Å²) in [6.45, 7) is 2.54. The Hall–Kier alpha value is -1.32. The molecule has 1 aliphatic heterocycles. The van der Waals surface area contributed by atoms with Crippen LogP contribution >= 0.6 is 15.6 Å². The van der Waals surface area contributed by atoms with Crippen LogP contribution in [0.3, 0.4) is 0 Å². The minimum atomic E-state index is -2.29. The third-order valence-corrected chi connectivity index (χ3v) is 9.48. The molecule has 0 radical (unpaired) electrons. The van der Waals surface area contributed by atoms with Crippen LogP contribution in [0.25, 0.3) is 0 Å². The molecule has 1 aromatic heterocycles.